The Morgan fingerprint density at radius 3 is 2.68 bits per heavy atom. The van der Waals surface area contributed by atoms with Crippen LogP contribution in [0.5, 0.6) is 5.75 Å². The topological polar surface area (TPSA) is 78.7 Å². The number of para-hydroxylation sites is 2. The molecule has 1 aliphatic carbocycles. The fraction of sp³-hybridized carbons (Fsp3) is 0.435. The summed E-state index contributed by atoms with van der Waals surface area (Å²) >= 11 is 1.65. The lowest BCUT2D eigenvalue weighted by Gasteiger charge is -2.36. The highest BCUT2D eigenvalue weighted by molar-refractivity contribution is 7.18. The Hall–Kier alpha value is -2.87. The van der Waals surface area contributed by atoms with Crippen LogP contribution in [0.3, 0.4) is 0 Å². The molecular formula is C23H26N4O3S. The molecule has 5 rings (SSSR count). The summed E-state index contributed by atoms with van der Waals surface area (Å²) in [5, 5.41) is 10.8. The lowest BCUT2D eigenvalue weighted by Crippen LogP contribution is -2.49. The molecule has 1 amide bonds. The van der Waals surface area contributed by atoms with Crippen molar-refractivity contribution in [1.29, 1.82) is 0 Å². The van der Waals surface area contributed by atoms with Crippen LogP contribution in [-0.2, 0) is 24.2 Å². The van der Waals surface area contributed by atoms with Gasteiger partial charge in [0.25, 0.3) is 5.56 Å². The van der Waals surface area contributed by atoms with E-state index in [9.17, 15) is 14.7 Å². The molecule has 2 aliphatic rings. The number of aromatic hydroxyl groups is 1. The molecule has 1 aliphatic heterocycles. The lowest BCUT2D eigenvalue weighted by molar-refractivity contribution is -0.131. The Kier molecular flexibility index (Phi) is 5.40. The lowest BCUT2D eigenvalue weighted by atomic mass is 9.97. The average molecular weight is 439 g/mol. The Bertz CT molecular complexity index is 1180. The van der Waals surface area contributed by atoms with Crippen LogP contribution < -0.4 is 10.5 Å². The number of piperazine rings is 1. The van der Waals surface area contributed by atoms with Crippen LogP contribution in [0.25, 0.3) is 10.2 Å². The number of rotatable bonds is 4. The fourth-order valence-corrected chi connectivity index (χ4v) is 5.86. The third-order valence-electron chi connectivity index (χ3n) is 6.36. The fourth-order valence-electron chi connectivity index (χ4n) is 4.64. The van der Waals surface area contributed by atoms with E-state index in [1.807, 2.05) is 17.0 Å². The van der Waals surface area contributed by atoms with Crippen LogP contribution in [0.1, 0.15) is 29.7 Å². The molecule has 162 valence electrons. The van der Waals surface area contributed by atoms with Gasteiger partial charge in [-0.05, 0) is 43.4 Å². The number of carbonyl (C=O) groups excluding carboxylic acids is 1. The predicted molar refractivity (Wildman–Crippen MR) is 122 cm³/mol. The molecule has 1 aromatic carbocycles. The second kappa shape index (κ2) is 8.34. The Morgan fingerprint density at radius 2 is 1.87 bits per heavy atom. The van der Waals surface area contributed by atoms with E-state index in [0.29, 0.717) is 32.7 Å². The van der Waals surface area contributed by atoms with Crippen molar-refractivity contribution in [2.75, 3.05) is 31.1 Å². The molecule has 7 nitrogen and oxygen atoms in total. The number of aromatic nitrogens is 2. The third-order valence-corrected chi connectivity index (χ3v) is 7.56. The summed E-state index contributed by atoms with van der Waals surface area (Å²) in [4.78, 5) is 36.4. The minimum Gasteiger partial charge on any atom is -0.506 e. The van der Waals surface area contributed by atoms with Crippen molar-refractivity contribution in [3.05, 3.63) is 51.4 Å². The molecule has 2 aromatic heterocycles. The molecule has 1 saturated heterocycles. The van der Waals surface area contributed by atoms with Gasteiger partial charge in [-0.1, -0.05) is 12.1 Å². The smallest absolute Gasteiger partial charge is 0.262 e. The van der Waals surface area contributed by atoms with Crippen molar-refractivity contribution in [3.63, 3.8) is 0 Å². The van der Waals surface area contributed by atoms with Gasteiger partial charge < -0.3 is 14.9 Å². The summed E-state index contributed by atoms with van der Waals surface area (Å²) in [5.74, 6) is 0.316. The molecule has 3 aromatic rings. The van der Waals surface area contributed by atoms with E-state index in [0.717, 1.165) is 35.2 Å². The van der Waals surface area contributed by atoms with Crippen LogP contribution in [-0.4, -0.2) is 51.6 Å². The number of phenols is 1. The molecule has 0 saturated carbocycles. The van der Waals surface area contributed by atoms with Gasteiger partial charge in [-0.2, -0.15) is 0 Å². The first-order chi connectivity index (χ1) is 15.1. The number of phenolic OH excluding ortho intramolecular Hbond substituents is 1. The van der Waals surface area contributed by atoms with Gasteiger partial charge >= 0.3 is 0 Å². The van der Waals surface area contributed by atoms with Gasteiger partial charge in [0.15, 0.2) is 0 Å². The van der Waals surface area contributed by atoms with Gasteiger partial charge in [0.05, 0.1) is 17.4 Å². The number of fused-ring (bicyclic) bond motifs is 3. The molecule has 0 radical (unpaired) electrons. The number of benzene rings is 1. The second-order valence-corrected chi connectivity index (χ2v) is 9.32. The first-order valence-electron chi connectivity index (χ1n) is 10.9. The van der Waals surface area contributed by atoms with Crippen molar-refractivity contribution in [1.82, 2.24) is 14.5 Å². The molecule has 0 atom stereocenters. The Balaban J connectivity index is 1.23. The quantitative estimate of drug-likeness (QED) is 0.678. The zero-order chi connectivity index (χ0) is 21.4. The van der Waals surface area contributed by atoms with Crippen molar-refractivity contribution in [2.45, 2.75) is 38.6 Å². The number of aryl methyl sites for hydroxylation is 3. The zero-order valence-electron chi connectivity index (χ0n) is 17.4. The summed E-state index contributed by atoms with van der Waals surface area (Å²) in [6.45, 7) is 2.93. The Morgan fingerprint density at radius 1 is 1.10 bits per heavy atom. The van der Waals surface area contributed by atoms with E-state index < -0.39 is 0 Å². The highest BCUT2D eigenvalue weighted by Crippen LogP contribution is 2.33. The van der Waals surface area contributed by atoms with Gasteiger partial charge in [0.1, 0.15) is 10.6 Å². The van der Waals surface area contributed by atoms with Crippen LogP contribution in [0.4, 0.5) is 5.69 Å². The number of anilines is 1. The molecule has 3 heterocycles. The van der Waals surface area contributed by atoms with E-state index in [1.165, 1.54) is 16.9 Å². The zero-order valence-corrected chi connectivity index (χ0v) is 18.2. The van der Waals surface area contributed by atoms with E-state index in [1.54, 1.807) is 34.4 Å². The SMILES string of the molecule is O=C(CCn1cnc2sc3c(c2c1=O)CCCC3)N1CCN(c2ccccc2O)CC1. The summed E-state index contributed by atoms with van der Waals surface area (Å²) < 4.78 is 1.60. The van der Waals surface area contributed by atoms with Crippen LogP contribution in [0.2, 0.25) is 0 Å². The number of hydrogen-bond donors (Lipinski definition) is 1. The molecular weight excluding hydrogens is 412 g/mol. The van der Waals surface area contributed by atoms with Gasteiger partial charge in [-0.3, -0.25) is 14.2 Å². The monoisotopic (exact) mass is 438 g/mol. The highest BCUT2D eigenvalue weighted by atomic mass is 32.1. The summed E-state index contributed by atoms with van der Waals surface area (Å²) in [7, 11) is 0. The van der Waals surface area contributed by atoms with Gasteiger partial charge in [0, 0.05) is 44.0 Å². The standard InChI is InChI=1S/C23H26N4O3S/c28-18-7-3-2-6-17(18)25-11-13-26(14-12-25)20(29)9-10-27-15-24-22-21(23(27)30)16-5-1-4-8-19(16)31-22/h2-3,6-7,15,28H,1,4-5,8-14H2. The normalized spacial score (nSPS) is 16.5. The third kappa shape index (κ3) is 3.80. The van der Waals surface area contributed by atoms with Crippen LogP contribution in [0.15, 0.2) is 35.4 Å². The number of nitrogens with zero attached hydrogens (tertiary/aromatic N) is 4. The molecule has 0 unspecified atom stereocenters. The minimum absolute atomic E-state index is 0.0124. The largest absolute Gasteiger partial charge is 0.506 e. The number of amides is 1. The number of carbonyl (C=O) groups is 1. The number of thiophene rings is 1. The van der Waals surface area contributed by atoms with E-state index in [-0.39, 0.29) is 23.6 Å². The molecule has 0 bridgehead atoms. The maximum absolute atomic E-state index is 13.1. The summed E-state index contributed by atoms with van der Waals surface area (Å²) in [5.41, 5.74) is 1.98. The van der Waals surface area contributed by atoms with Crippen molar-refractivity contribution in [3.8, 4) is 5.75 Å². The maximum Gasteiger partial charge on any atom is 0.262 e. The Labute approximate surface area is 184 Å². The van der Waals surface area contributed by atoms with Crippen molar-refractivity contribution >= 4 is 33.1 Å². The first-order valence-corrected chi connectivity index (χ1v) is 11.7. The van der Waals surface area contributed by atoms with E-state index >= 15 is 0 Å². The average Bonchev–Trinajstić information content (AvgIpc) is 3.18. The van der Waals surface area contributed by atoms with Crippen molar-refractivity contribution < 1.29 is 9.90 Å². The molecule has 1 N–H and O–H groups in total. The summed E-state index contributed by atoms with van der Waals surface area (Å²) in [6.07, 6.45) is 6.18. The molecule has 0 spiro atoms. The molecule has 31 heavy (non-hydrogen) atoms. The molecule has 1 fully saturated rings. The minimum atomic E-state index is -0.0124. The number of hydrogen-bond acceptors (Lipinski definition) is 6. The van der Waals surface area contributed by atoms with Crippen molar-refractivity contribution in [2.24, 2.45) is 0 Å². The maximum atomic E-state index is 13.1. The second-order valence-electron chi connectivity index (χ2n) is 8.24. The van der Waals surface area contributed by atoms with Gasteiger partial charge in [-0.25, -0.2) is 4.98 Å². The highest BCUT2D eigenvalue weighted by Gasteiger charge is 2.23. The van der Waals surface area contributed by atoms with Gasteiger partial charge in [-0.15, -0.1) is 11.3 Å². The first kappa shape index (κ1) is 20.1. The summed E-state index contributed by atoms with van der Waals surface area (Å²) in [6, 6.07) is 7.28. The predicted octanol–water partition coefficient (Wildman–Crippen LogP) is 2.78. The van der Waals surface area contributed by atoms with Crippen LogP contribution in [0, 0.1) is 0 Å². The van der Waals surface area contributed by atoms with E-state index in [2.05, 4.69) is 9.88 Å². The van der Waals surface area contributed by atoms with Gasteiger partial charge in [0.2, 0.25) is 5.91 Å². The molecule has 8 heteroatoms. The van der Waals surface area contributed by atoms with E-state index in [4.69, 9.17) is 0 Å². The van der Waals surface area contributed by atoms with Crippen LogP contribution >= 0.6 is 11.3 Å².